The quantitative estimate of drug-likeness (QED) is 0.812. The van der Waals surface area contributed by atoms with E-state index in [9.17, 15) is 4.79 Å². The van der Waals surface area contributed by atoms with Gasteiger partial charge in [0.05, 0.1) is 6.04 Å². The maximum absolute atomic E-state index is 11.3. The lowest BCUT2D eigenvalue weighted by Gasteiger charge is -2.10. The number of benzene rings is 1. The molecule has 1 aromatic rings. The zero-order valence-electron chi connectivity index (χ0n) is 8.58. The molecular formula is C10H14ClIN2O. The van der Waals surface area contributed by atoms with Crippen LogP contribution in [0.1, 0.15) is 12.5 Å². The average molecular weight is 341 g/mol. The van der Waals surface area contributed by atoms with Crippen molar-refractivity contribution in [1.82, 2.24) is 0 Å². The molecule has 0 aliphatic heterocycles. The fraction of sp³-hybridized carbons (Fsp3) is 0.300. The molecule has 0 fully saturated rings. The summed E-state index contributed by atoms with van der Waals surface area (Å²) < 4.78 is 1.15. The van der Waals surface area contributed by atoms with Crippen LogP contribution in [0.2, 0.25) is 0 Å². The molecule has 0 spiro atoms. The first-order valence-corrected chi connectivity index (χ1v) is 5.41. The minimum absolute atomic E-state index is 0. The second kappa shape index (κ2) is 6.30. The highest BCUT2D eigenvalue weighted by Crippen LogP contribution is 2.17. The zero-order chi connectivity index (χ0) is 10.7. The van der Waals surface area contributed by atoms with Crippen molar-refractivity contribution < 1.29 is 4.79 Å². The van der Waals surface area contributed by atoms with Crippen molar-refractivity contribution in [1.29, 1.82) is 0 Å². The van der Waals surface area contributed by atoms with Gasteiger partial charge >= 0.3 is 0 Å². The average Bonchev–Trinajstić information content (AvgIpc) is 2.09. The first-order valence-electron chi connectivity index (χ1n) is 4.33. The van der Waals surface area contributed by atoms with Crippen molar-refractivity contribution in [3.63, 3.8) is 0 Å². The first-order chi connectivity index (χ1) is 6.50. The third kappa shape index (κ3) is 4.36. The summed E-state index contributed by atoms with van der Waals surface area (Å²) in [4.78, 5) is 11.3. The fourth-order valence-electron chi connectivity index (χ4n) is 1.01. The largest absolute Gasteiger partial charge is 0.325 e. The molecule has 3 N–H and O–H groups in total. The number of halogens is 2. The summed E-state index contributed by atoms with van der Waals surface area (Å²) in [5, 5.41) is 2.77. The first kappa shape index (κ1) is 14.7. The van der Waals surface area contributed by atoms with Gasteiger partial charge in [0.1, 0.15) is 0 Å². The van der Waals surface area contributed by atoms with Gasteiger partial charge in [0.25, 0.3) is 0 Å². The van der Waals surface area contributed by atoms with Crippen LogP contribution < -0.4 is 11.1 Å². The van der Waals surface area contributed by atoms with E-state index in [4.69, 9.17) is 5.73 Å². The molecule has 3 nitrogen and oxygen atoms in total. The maximum atomic E-state index is 11.3. The predicted octanol–water partition coefficient (Wildman–Crippen LogP) is 2.31. The lowest BCUT2D eigenvalue weighted by molar-refractivity contribution is -0.117. The number of hydrogen-bond donors (Lipinski definition) is 2. The Labute approximate surface area is 109 Å². The molecule has 0 bridgehead atoms. The van der Waals surface area contributed by atoms with E-state index in [1.54, 1.807) is 6.92 Å². The molecule has 0 radical (unpaired) electrons. The predicted molar refractivity (Wildman–Crippen MR) is 73.4 cm³/mol. The van der Waals surface area contributed by atoms with Gasteiger partial charge in [0.2, 0.25) is 5.91 Å². The highest BCUT2D eigenvalue weighted by atomic mass is 127. The molecule has 0 saturated carbocycles. The molecule has 0 aromatic heterocycles. The van der Waals surface area contributed by atoms with Crippen molar-refractivity contribution in [2.24, 2.45) is 5.73 Å². The monoisotopic (exact) mass is 340 g/mol. The molecule has 15 heavy (non-hydrogen) atoms. The summed E-state index contributed by atoms with van der Waals surface area (Å²) >= 11 is 2.23. The summed E-state index contributed by atoms with van der Waals surface area (Å²) in [6.07, 6.45) is 0. The molecule has 5 heteroatoms. The van der Waals surface area contributed by atoms with E-state index in [1.165, 1.54) is 0 Å². The topological polar surface area (TPSA) is 55.1 Å². The van der Waals surface area contributed by atoms with Crippen molar-refractivity contribution >= 4 is 46.6 Å². The molecular weight excluding hydrogens is 326 g/mol. The van der Waals surface area contributed by atoms with E-state index in [2.05, 4.69) is 27.9 Å². The molecule has 1 aromatic carbocycles. The Kier molecular flexibility index (Phi) is 6.16. The van der Waals surface area contributed by atoms with Gasteiger partial charge in [-0.2, -0.15) is 0 Å². The van der Waals surface area contributed by atoms with E-state index in [0.29, 0.717) is 0 Å². The van der Waals surface area contributed by atoms with Crippen LogP contribution >= 0.6 is 35.0 Å². The van der Waals surface area contributed by atoms with Crippen LogP contribution in [0, 0.1) is 10.5 Å². The van der Waals surface area contributed by atoms with Crippen molar-refractivity contribution in [2.45, 2.75) is 19.9 Å². The number of hydrogen-bond acceptors (Lipinski definition) is 2. The van der Waals surface area contributed by atoms with Gasteiger partial charge in [0.15, 0.2) is 0 Å². The molecule has 0 saturated heterocycles. The highest BCUT2D eigenvalue weighted by molar-refractivity contribution is 14.1. The van der Waals surface area contributed by atoms with Gasteiger partial charge < -0.3 is 11.1 Å². The van der Waals surface area contributed by atoms with Crippen molar-refractivity contribution in [2.75, 3.05) is 5.32 Å². The Morgan fingerprint density at radius 2 is 2.13 bits per heavy atom. The molecule has 0 aliphatic rings. The molecule has 1 unspecified atom stereocenters. The van der Waals surface area contributed by atoms with Gasteiger partial charge in [-0.05, 0) is 60.2 Å². The third-order valence-electron chi connectivity index (χ3n) is 1.86. The van der Waals surface area contributed by atoms with Crippen LogP contribution in [-0.4, -0.2) is 11.9 Å². The van der Waals surface area contributed by atoms with Gasteiger partial charge in [0, 0.05) is 9.26 Å². The lowest BCUT2D eigenvalue weighted by atomic mass is 10.2. The van der Waals surface area contributed by atoms with E-state index in [0.717, 1.165) is 14.8 Å². The van der Waals surface area contributed by atoms with Gasteiger partial charge in [-0.1, -0.05) is 0 Å². The number of aryl methyl sites for hydroxylation is 1. The normalized spacial score (nSPS) is 11.5. The Hall–Kier alpha value is -0.330. The number of nitrogens with two attached hydrogens (primary N) is 1. The lowest BCUT2D eigenvalue weighted by Crippen LogP contribution is -2.32. The standard InChI is InChI=1S/C10H13IN2O.ClH/c1-6-5-8(11)3-4-9(6)13-10(14)7(2)12;/h3-5,7H,12H2,1-2H3,(H,13,14);1H. The summed E-state index contributed by atoms with van der Waals surface area (Å²) in [6.45, 7) is 3.62. The third-order valence-corrected chi connectivity index (χ3v) is 2.53. The molecule has 0 aliphatic carbocycles. The van der Waals surface area contributed by atoms with Crippen molar-refractivity contribution in [3.8, 4) is 0 Å². The van der Waals surface area contributed by atoms with Gasteiger partial charge in [-0.3, -0.25) is 4.79 Å². The van der Waals surface area contributed by atoms with Gasteiger partial charge in [-0.25, -0.2) is 0 Å². The number of amides is 1. The molecule has 1 atom stereocenters. The Balaban J connectivity index is 0.00000196. The van der Waals surface area contributed by atoms with E-state index in [-0.39, 0.29) is 18.3 Å². The number of carbonyl (C=O) groups is 1. The minimum atomic E-state index is -0.478. The highest BCUT2D eigenvalue weighted by Gasteiger charge is 2.08. The molecule has 1 amide bonds. The SMILES string of the molecule is Cc1cc(I)ccc1NC(=O)C(C)N.Cl. The van der Waals surface area contributed by atoms with E-state index >= 15 is 0 Å². The Bertz CT molecular complexity index is 355. The summed E-state index contributed by atoms with van der Waals surface area (Å²) in [6, 6.07) is 5.37. The van der Waals surface area contributed by atoms with Crippen LogP contribution in [-0.2, 0) is 4.79 Å². The number of nitrogens with one attached hydrogen (secondary N) is 1. The van der Waals surface area contributed by atoms with Crippen LogP contribution in [0.4, 0.5) is 5.69 Å². The Morgan fingerprint density at radius 3 is 2.60 bits per heavy atom. The smallest absolute Gasteiger partial charge is 0.241 e. The zero-order valence-corrected chi connectivity index (χ0v) is 11.6. The summed E-state index contributed by atoms with van der Waals surface area (Å²) in [7, 11) is 0. The second-order valence-electron chi connectivity index (χ2n) is 3.24. The van der Waals surface area contributed by atoms with Crippen LogP contribution in [0.15, 0.2) is 18.2 Å². The van der Waals surface area contributed by atoms with E-state index in [1.807, 2.05) is 25.1 Å². The van der Waals surface area contributed by atoms with Crippen LogP contribution in [0.3, 0.4) is 0 Å². The number of carbonyl (C=O) groups excluding carboxylic acids is 1. The number of rotatable bonds is 2. The summed E-state index contributed by atoms with van der Waals surface area (Å²) in [5.74, 6) is -0.158. The van der Waals surface area contributed by atoms with E-state index < -0.39 is 6.04 Å². The van der Waals surface area contributed by atoms with Crippen molar-refractivity contribution in [3.05, 3.63) is 27.3 Å². The fourth-order valence-corrected chi connectivity index (χ4v) is 1.66. The second-order valence-corrected chi connectivity index (χ2v) is 4.48. The maximum Gasteiger partial charge on any atom is 0.241 e. The molecule has 1 rings (SSSR count). The van der Waals surface area contributed by atoms with Gasteiger partial charge in [-0.15, -0.1) is 12.4 Å². The van der Waals surface area contributed by atoms with Crippen LogP contribution in [0.5, 0.6) is 0 Å². The minimum Gasteiger partial charge on any atom is -0.325 e. The number of anilines is 1. The Morgan fingerprint density at radius 1 is 1.53 bits per heavy atom. The summed E-state index contributed by atoms with van der Waals surface area (Å²) in [5.41, 5.74) is 7.32. The van der Waals surface area contributed by atoms with Crippen LogP contribution in [0.25, 0.3) is 0 Å². The molecule has 84 valence electrons. The molecule has 0 heterocycles.